The van der Waals surface area contributed by atoms with E-state index in [1.807, 2.05) is 0 Å². The molecule has 0 aromatic heterocycles. The lowest BCUT2D eigenvalue weighted by atomic mass is 10.1. The Bertz CT molecular complexity index is 420. The molecule has 1 amide bonds. The highest BCUT2D eigenvalue weighted by Crippen LogP contribution is 2.29. The molecule has 0 spiro atoms. The first-order valence-corrected chi connectivity index (χ1v) is 5.08. The fourth-order valence-electron chi connectivity index (χ4n) is 1.80. The van der Waals surface area contributed by atoms with Crippen molar-refractivity contribution in [1.82, 2.24) is 0 Å². The van der Waals surface area contributed by atoms with Crippen molar-refractivity contribution >= 4 is 17.3 Å². The number of amides is 1. The number of hydrogen-bond donors (Lipinski definition) is 2. The molecule has 0 fully saturated rings. The molecule has 86 valence electrons. The minimum absolute atomic E-state index is 0.140. The van der Waals surface area contributed by atoms with Crippen LogP contribution >= 0.6 is 0 Å². The van der Waals surface area contributed by atoms with E-state index in [1.165, 1.54) is 18.2 Å². The highest BCUT2D eigenvalue weighted by molar-refractivity contribution is 6.01. The van der Waals surface area contributed by atoms with Gasteiger partial charge >= 0.3 is 0 Å². The highest BCUT2D eigenvalue weighted by Gasteiger charge is 2.23. The van der Waals surface area contributed by atoms with Gasteiger partial charge in [0.1, 0.15) is 5.82 Å². The largest absolute Gasteiger partial charge is 0.392 e. The number of aliphatic hydroxyl groups is 1. The Morgan fingerprint density at radius 2 is 2.38 bits per heavy atom. The number of carbonyl (C=O) groups is 1. The molecule has 0 saturated carbocycles. The van der Waals surface area contributed by atoms with E-state index in [1.54, 1.807) is 11.8 Å². The zero-order valence-corrected chi connectivity index (χ0v) is 8.90. The van der Waals surface area contributed by atoms with Crippen LogP contribution in [0.3, 0.4) is 0 Å². The summed E-state index contributed by atoms with van der Waals surface area (Å²) in [5.74, 6) is -0.509. The van der Waals surface area contributed by atoms with Crippen molar-refractivity contribution < 1.29 is 14.3 Å². The Morgan fingerprint density at radius 3 is 3.06 bits per heavy atom. The molecule has 1 aliphatic rings. The predicted molar refractivity (Wildman–Crippen MR) is 58.9 cm³/mol. The molecular formula is C11H13FN2O2. The molecule has 0 saturated heterocycles. The molecular weight excluding hydrogens is 211 g/mol. The van der Waals surface area contributed by atoms with Crippen molar-refractivity contribution in [2.24, 2.45) is 0 Å². The molecule has 5 heteroatoms. The summed E-state index contributed by atoms with van der Waals surface area (Å²) in [5.41, 5.74) is 1.19. The molecule has 2 rings (SSSR count). The van der Waals surface area contributed by atoms with Gasteiger partial charge in [-0.15, -0.1) is 0 Å². The standard InChI is InChI=1S/C11H13FN2O2/c1-7(15)5-14-6-11(16)13-9-3-2-8(12)4-10(9)14/h2-4,7,15H,5-6H2,1H3,(H,13,16). The van der Waals surface area contributed by atoms with Crippen molar-refractivity contribution in [3.63, 3.8) is 0 Å². The van der Waals surface area contributed by atoms with Crippen molar-refractivity contribution in [3.8, 4) is 0 Å². The molecule has 1 aromatic carbocycles. The smallest absolute Gasteiger partial charge is 0.243 e. The van der Waals surface area contributed by atoms with Crippen LogP contribution in [0.5, 0.6) is 0 Å². The molecule has 1 unspecified atom stereocenters. The van der Waals surface area contributed by atoms with Crippen LogP contribution in [0.2, 0.25) is 0 Å². The number of nitrogens with zero attached hydrogens (tertiary/aromatic N) is 1. The maximum atomic E-state index is 13.1. The van der Waals surface area contributed by atoms with Crippen LogP contribution in [0.25, 0.3) is 0 Å². The van der Waals surface area contributed by atoms with Gasteiger partial charge in [-0.25, -0.2) is 4.39 Å². The van der Waals surface area contributed by atoms with Gasteiger partial charge in [0.2, 0.25) is 5.91 Å². The fraction of sp³-hybridized carbons (Fsp3) is 0.364. The van der Waals surface area contributed by atoms with Gasteiger partial charge < -0.3 is 15.3 Å². The van der Waals surface area contributed by atoms with Crippen LogP contribution in [0, 0.1) is 5.82 Å². The first-order valence-electron chi connectivity index (χ1n) is 5.08. The summed E-state index contributed by atoms with van der Waals surface area (Å²) in [6.45, 7) is 2.08. The summed E-state index contributed by atoms with van der Waals surface area (Å²) in [7, 11) is 0. The quantitative estimate of drug-likeness (QED) is 0.786. The van der Waals surface area contributed by atoms with E-state index in [9.17, 15) is 14.3 Å². The van der Waals surface area contributed by atoms with E-state index in [0.717, 1.165) is 0 Å². The highest BCUT2D eigenvalue weighted by atomic mass is 19.1. The van der Waals surface area contributed by atoms with Crippen LogP contribution in [0.4, 0.5) is 15.8 Å². The van der Waals surface area contributed by atoms with Crippen LogP contribution < -0.4 is 10.2 Å². The maximum absolute atomic E-state index is 13.1. The number of anilines is 2. The minimum atomic E-state index is -0.568. The molecule has 1 atom stereocenters. The monoisotopic (exact) mass is 224 g/mol. The summed E-state index contributed by atoms with van der Waals surface area (Å²) < 4.78 is 13.1. The van der Waals surface area contributed by atoms with Gasteiger partial charge in [0, 0.05) is 6.54 Å². The lowest BCUT2D eigenvalue weighted by Crippen LogP contribution is -2.41. The number of benzene rings is 1. The number of carbonyl (C=O) groups excluding carboxylic acids is 1. The molecule has 0 bridgehead atoms. The first kappa shape index (κ1) is 10.9. The van der Waals surface area contributed by atoms with Crippen LogP contribution in [0.15, 0.2) is 18.2 Å². The number of rotatable bonds is 2. The predicted octanol–water partition coefficient (Wildman–Crippen LogP) is 0.965. The molecule has 1 aromatic rings. The SMILES string of the molecule is CC(O)CN1CC(=O)Nc2ccc(F)cc21. The summed E-state index contributed by atoms with van der Waals surface area (Å²) in [4.78, 5) is 13.0. The van der Waals surface area contributed by atoms with E-state index in [0.29, 0.717) is 17.9 Å². The molecule has 0 radical (unpaired) electrons. The molecule has 16 heavy (non-hydrogen) atoms. The second kappa shape index (κ2) is 4.09. The third-order valence-corrected chi connectivity index (χ3v) is 2.39. The van der Waals surface area contributed by atoms with Gasteiger partial charge in [0.05, 0.1) is 24.0 Å². The Hall–Kier alpha value is -1.62. The van der Waals surface area contributed by atoms with Gasteiger partial charge in [-0.1, -0.05) is 0 Å². The number of halogens is 1. The summed E-state index contributed by atoms with van der Waals surface area (Å²) in [5, 5.41) is 12.0. The number of β-amino-alcohol motifs (C(OH)–C–C–N with tert-alkyl or cyclic N) is 1. The number of nitrogens with one attached hydrogen (secondary N) is 1. The Kier molecular flexibility index (Phi) is 2.78. The second-order valence-corrected chi connectivity index (χ2v) is 3.94. The van der Waals surface area contributed by atoms with Crippen molar-refractivity contribution in [2.75, 3.05) is 23.3 Å². The Labute approximate surface area is 92.7 Å². The third kappa shape index (κ3) is 2.14. The van der Waals surface area contributed by atoms with E-state index < -0.39 is 6.10 Å². The van der Waals surface area contributed by atoms with Gasteiger partial charge in [0.25, 0.3) is 0 Å². The first-order chi connectivity index (χ1) is 7.56. The Balaban J connectivity index is 2.35. The summed E-state index contributed by atoms with van der Waals surface area (Å²) in [6.07, 6.45) is -0.568. The molecule has 1 aliphatic heterocycles. The van der Waals surface area contributed by atoms with E-state index >= 15 is 0 Å². The van der Waals surface area contributed by atoms with Crippen molar-refractivity contribution in [2.45, 2.75) is 13.0 Å². The summed E-state index contributed by atoms with van der Waals surface area (Å²) >= 11 is 0. The molecule has 0 aliphatic carbocycles. The molecule has 1 heterocycles. The van der Waals surface area contributed by atoms with Gasteiger partial charge in [-0.05, 0) is 25.1 Å². The number of fused-ring (bicyclic) bond motifs is 1. The third-order valence-electron chi connectivity index (χ3n) is 2.39. The average molecular weight is 224 g/mol. The van der Waals surface area contributed by atoms with Crippen LogP contribution in [-0.4, -0.2) is 30.2 Å². The lowest BCUT2D eigenvalue weighted by molar-refractivity contribution is -0.115. The zero-order valence-electron chi connectivity index (χ0n) is 8.90. The van der Waals surface area contributed by atoms with Gasteiger partial charge in [-0.2, -0.15) is 0 Å². The maximum Gasteiger partial charge on any atom is 0.243 e. The topological polar surface area (TPSA) is 52.6 Å². The number of hydrogen-bond acceptors (Lipinski definition) is 3. The molecule has 2 N–H and O–H groups in total. The molecule has 4 nitrogen and oxygen atoms in total. The van der Waals surface area contributed by atoms with Crippen LogP contribution in [-0.2, 0) is 4.79 Å². The van der Waals surface area contributed by atoms with Crippen LogP contribution in [0.1, 0.15) is 6.92 Å². The van der Waals surface area contributed by atoms with Gasteiger partial charge in [-0.3, -0.25) is 4.79 Å². The van der Waals surface area contributed by atoms with Crippen molar-refractivity contribution in [3.05, 3.63) is 24.0 Å². The zero-order chi connectivity index (χ0) is 11.7. The van der Waals surface area contributed by atoms with E-state index in [-0.39, 0.29) is 18.3 Å². The lowest BCUT2D eigenvalue weighted by Gasteiger charge is -2.31. The van der Waals surface area contributed by atoms with Crippen molar-refractivity contribution in [1.29, 1.82) is 0 Å². The van der Waals surface area contributed by atoms with E-state index in [4.69, 9.17) is 0 Å². The summed E-state index contributed by atoms with van der Waals surface area (Å²) in [6, 6.07) is 4.18. The Morgan fingerprint density at radius 1 is 1.62 bits per heavy atom. The van der Waals surface area contributed by atoms with Gasteiger partial charge in [0.15, 0.2) is 0 Å². The second-order valence-electron chi connectivity index (χ2n) is 3.94. The van der Waals surface area contributed by atoms with E-state index in [2.05, 4.69) is 5.32 Å². The minimum Gasteiger partial charge on any atom is -0.392 e. The fourth-order valence-corrected chi connectivity index (χ4v) is 1.80. The average Bonchev–Trinajstić information content (AvgIpc) is 2.18. The number of aliphatic hydroxyl groups excluding tert-OH is 1. The normalized spacial score (nSPS) is 16.7.